The molecule has 0 aliphatic rings. The fourth-order valence-electron chi connectivity index (χ4n) is 0.531. The van der Waals surface area contributed by atoms with Gasteiger partial charge in [0, 0.05) is 15.3 Å². The molecule has 0 spiro atoms. The van der Waals surface area contributed by atoms with Gasteiger partial charge in [-0.2, -0.15) is 0 Å². The maximum absolute atomic E-state index is 8.85. The Hall–Kier alpha value is -0.450. The molecule has 0 radical (unpaired) electrons. The lowest BCUT2D eigenvalue weighted by Crippen LogP contribution is -1.86. The van der Waals surface area contributed by atoms with E-state index < -0.39 is 0 Å². The van der Waals surface area contributed by atoms with E-state index >= 15 is 0 Å². The number of nitrogen functional groups attached to an aromatic ring is 1. The molecule has 9 heavy (non-hydrogen) atoms. The van der Waals surface area contributed by atoms with Crippen LogP contribution in [0.1, 0.15) is 0 Å². The van der Waals surface area contributed by atoms with E-state index in [0.717, 1.165) is 3.57 Å². The van der Waals surface area contributed by atoms with Crippen molar-refractivity contribution in [2.24, 2.45) is 0 Å². The first-order chi connectivity index (χ1) is 4.20. The van der Waals surface area contributed by atoms with E-state index in [2.05, 4.69) is 22.6 Å². The van der Waals surface area contributed by atoms with Crippen molar-refractivity contribution in [3.63, 3.8) is 0 Å². The zero-order valence-corrected chi connectivity index (χ0v) is 6.79. The number of rotatable bonds is 0. The summed E-state index contributed by atoms with van der Waals surface area (Å²) in [7, 11) is 0. The van der Waals surface area contributed by atoms with E-state index in [1.54, 1.807) is 12.1 Å². The molecule has 0 aliphatic heterocycles. The van der Waals surface area contributed by atoms with Crippen molar-refractivity contribution in [3.8, 4) is 5.75 Å². The Balaban J connectivity index is 3.17. The largest absolute Gasteiger partial charge is 0.508 e. The third kappa shape index (κ3) is 1.48. The Kier molecular flexibility index (Phi) is 1.80. The molecular weight excluding hydrogens is 229 g/mol. The van der Waals surface area contributed by atoms with E-state index in [4.69, 9.17) is 10.8 Å². The van der Waals surface area contributed by atoms with Gasteiger partial charge in [-0.15, -0.1) is 0 Å². The van der Waals surface area contributed by atoms with E-state index in [9.17, 15) is 0 Å². The highest BCUT2D eigenvalue weighted by atomic mass is 127. The van der Waals surface area contributed by atoms with E-state index in [1.807, 2.05) is 0 Å². The third-order valence-corrected chi connectivity index (χ3v) is 1.96. The van der Waals surface area contributed by atoms with Gasteiger partial charge in [-0.1, -0.05) is 0 Å². The lowest BCUT2D eigenvalue weighted by Gasteiger charge is -1.96. The Labute approximate surface area is 66.8 Å². The number of aromatic hydroxyl groups is 1. The van der Waals surface area contributed by atoms with Gasteiger partial charge in [0.25, 0.3) is 0 Å². The summed E-state index contributed by atoms with van der Waals surface area (Å²) >= 11 is 2.10. The van der Waals surface area contributed by atoms with Crippen LogP contribution in [-0.4, -0.2) is 5.11 Å². The van der Waals surface area contributed by atoms with Crippen LogP contribution in [0.2, 0.25) is 0 Å². The van der Waals surface area contributed by atoms with Gasteiger partial charge < -0.3 is 10.8 Å². The fourth-order valence-corrected chi connectivity index (χ4v) is 0.867. The van der Waals surface area contributed by atoms with Gasteiger partial charge in [-0.3, -0.25) is 0 Å². The summed E-state index contributed by atoms with van der Waals surface area (Å²) in [6.45, 7) is 0. The van der Waals surface area contributed by atoms with Crippen molar-refractivity contribution in [1.29, 1.82) is 0 Å². The highest BCUT2D eigenvalue weighted by molar-refractivity contribution is 14.1. The molecular formula is C6H6INO. The van der Waals surface area contributed by atoms with Crippen LogP contribution >= 0.6 is 22.6 Å². The summed E-state index contributed by atoms with van der Waals surface area (Å²) in [5.74, 6) is 0.216. The molecule has 0 fully saturated rings. The number of anilines is 1. The predicted molar refractivity (Wildman–Crippen MR) is 45.2 cm³/mol. The van der Waals surface area contributed by atoms with Gasteiger partial charge in [0.2, 0.25) is 0 Å². The number of nitrogens with two attached hydrogens (primary N) is 1. The normalized spacial score (nSPS) is 9.44. The molecule has 0 unspecified atom stereocenters. The first-order valence-electron chi connectivity index (χ1n) is 2.44. The van der Waals surface area contributed by atoms with Gasteiger partial charge in [0.15, 0.2) is 0 Å². The van der Waals surface area contributed by atoms with E-state index in [0.29, 0.717) is 5.69 Å². The summed E-state index contributed by atoms with van der Waals surface area (Å²) in [5.41, 5.74) is 6.07. The van der Waals surface area contributed by atoms with Crippen LogP contribution in [0, 0.1) is 3.57 Å². The van der Waals surface area contributed by atoms with Crippen LogP contribution in [-0.2, 0) is 0 Å². The Morgan fingerprint density at radius 2 is 2.11 bits per heavy atom. The average Bonchev–Trinajstić information content (AvgIpc) is 1.80. The second kappa shape index (κ2) is 2.43. The number of hydrogen-bond donors (Lipinski definition) is 2. The van der Waals surface area contributed by atoms with Crippen LogP contribution in [0.25, 0.3) is 0 Å². The zero-order valence-electron chi connectivity index (χ0n) is 4.63. The van der Waals surface area contributed by atoms with Crippen LogP contribution < -0.4 is 5.73 Å². The fraction of sp³-hybridized carbons (Fsp3) is 0. The predicted octanol–water partition coefficient (Wildman–Crippen LogP) is 1.58. The first kappa shape index (κ1) is 6.67. The number of hydrogen-bond acceptors (Lipinski definition) is 2. The molecule has 3 N–H and O–H groups in total. The maximum Gasteiger partial charge on any atom is 0.117 e. The highest BCUT2D eigenvalue weighted by Gasteiger charge is 1.93. The molecule has 0 heterocycles. The average molecular weight is 235 g/mol. The van der Waals surface area contributed by atoms with Crippen molar-refractivity contribution in [3.05, 3.63) is 21.8 Å². The molecule has 2 nitrogen and oxygen atoms in total. The third-order valence-electron chi connectivity index (χ3n) is 0.980. The maximum atomic E-state index is 8.85. The summed E-state index contributed by atoms with van der Waals surface area (Å²) in [4.78, 5) is 0. The van der Waals surface area contributed by atoms with Gasteiger partial charge >= 0.3 is 0 Å². The van der Waals surface area contributed by atoms with Gasteiger partial charge in [0.1, 0.15) is 5.75 Å². The molecule has 0 aromatic heterocycles. The molecule has 0 saturated carbocycles. The second-order valence-corrected chi connectivity index (χ2v) is 2.87. The molecule has 3 heteroatoms. The van der Waals surface area contributed by atoms with Crippen LogP contribution in [0.4, 0.5) is 5.69 Å². The van der Waals surface area contributed by atoms with Crippen molar-refractivity contribution in [1.82, 2.24) is 0 Å². The monoisotopic (exact) mass is 235 g/mol. The van der Waals surface area contributed by atoms with Gasteiger partial charge in [0.05, 0.1) is 0 Å². The lowest BCUT2D eigenvalue weighted by molar-refractivity contribution is 0.475. The molecule has 1 aromatic carbocycles. The summed E-state index contributed by atoms with van der Waals surface area (Å²) in [6, 6.07) is 4.91. The van der Waals surface area contributed by atoms with Crippen LogP contribution in [0.5, 0.6) is 5.75 Å². The molecule has 0 aliphatic carbocycles. The summed E-state index contributed by atoms with van der Waals surface area (Å²) in [5, 5.41) is 8.85. The number of phenols is 1. The number of benzene rings is 1. The molecule has 0 atom stereocenters. The minimum absolute atomic E-state index is 0.216. The quantitative estimate of drug-likeness (QED) is 0.529. The van der Waals surface area contributed by atoms with Crippen LogP contribution in [0.15, 0.2) is 18.2 Å². The van der Waals surface area contributed by atoms with Crippen molar-refractivity contribution >= 4 is 28.3 Å². The lowest BCUT2D eigenvalue weighted by atomic mass is 10.3. The van der Waals surface area contributed by atoms with Gasteiger partial charge in [-0.05, 0) is 34.7 Å². The second-order valence-electron chi connectivity index (χ2n) is 1.71. The topological polar surface area (TPSA) is 46.2 Å². The standard InChI is InChI=1S/C6H6INO/c7-5-2-1-4(9)3-6(5)8/h1-3,9H,8H2. The molecule has 0 amide bonds. The summed E-state index contributed by atoms with van der Waals surface area (Å²) < 4.78 is 0.963. The first-order valence-corrected chi connectivity index (χ1v) is 3.52. The highest BCUT2D eigenvalue weighted by Crippen LogP contribution is 2.19. The Bertz CT molecular complexity index is 224. The molecule has 48 valence electrons. The zero-order chi connectivity index (χ0) is 6.85. The van der Waals surface area contributed by atoms with E-state index in [-0.39, 0.29) is 5.75 Å². The minimum atomic E-state index is 0.216. The smallest absolute Gasteiger partial charge is 0.117 e. The van der Waals surface area contributed by atoms with Crippen molar-refractivity contribution < 1.29 is 5.11 Å². The minimum Gasteiger partial charge on any atom is -0.508 e. The SMILES string of the molecule is Nc1cc(O)ccc1I. The van der Waals surface area contributed by atoms with Gasteiger partial charge in [-0.25, -0.2) is 0 Å². The number of halogens is 1. The Morgan fingerprint density at radius 3 is 2.56 bits per heavy atom. The number of phenolic OH excluding ortho intramolecular Hbond substituents is 1. The molecule has 1 rings (SSSR count). The summed E-state index contributed by atoms with van der Waals surface area (Å²) in [6.07, 6.45) is 0. The van der Waals surface area contributed by atoms with Crippen LogP contribution in [0.3, 0.4) is 0 Å². The molecule has 0 saturated heterocycles. The molecule has 1 aromatic rings. The van der Waals surface area contributed by atoms with Crippen molar-refractivity contribution in [2.45, 2.75) is 0 Å². The van der Waals surface area contributed by atoms with E-state index in [1.165, 1.54) is 6.07 Å². The Morgan fingerprint density at radius 1 is 1.44 bits per heavy atom. The molecule has 0 bridgehead atoms. The van der Waals surface area contributed by atoms with Crippen molar-refractivity contribution in [2.75, 3.05) is 5.73 Å².